The van der Waals surface area contributed by atoms with Crippen LogP contribution in [0.25, 0.3) is 0 Å². The lowest BCUT2D eigenvalue weighted by molar-refractivity contribution is -0.264. The second-order valence-corrected chi connectivity index (χ2v) is 8.97. The monoisotopic (exact) mass is 304 g/mol. The summed E-state index contributed by atoms with van der Waals surface area (Å²) in [5, 5.41) is 0. The number of rotatable bonds is 9. The summed E-state index contributed by atoms with van der Waals surface area (Å²) < 4.78 is 5.11. The zero-order valence-electron chi connectivity index (χ0n) is 14.6. The van der Waals surface area contributed by atoms with Gasteiger partial charge in [0.05, 0.1) is 0 Å². The average Bonchev–Trinajstić information content (AvgIpc) is 2.51. The van der Waals surface area contributed by atoms with E-state index in [1.807, 2.05) is 7.11 Å². The first-order chi connectivity index (χ1) is 10.9. The van der Waals surface area contributed by atoms with Crippen molar-refractivity contribution in [1.82, 2.24) is 0 Å². The molecule has 4 aliphatic rings. The first kappa shape index (κ1) is 15.5. The van der Waals surface area contributed by atoms with E-state index in [1.54, 1.807) is 38.5 Å². The van der Waals surface area contributed by atoms with Crippen molar-refractivity contribution in [1.29, 1.82) is 0 Å². The largest absolute Gasteiger partial charge is 0.385 e. The highest BCUT2D eigenvalue weighted by atomic mass is 16.5. The zero-order chi connectivity index (χ0) is 14.9. The van der Waals surface area contributed by atoms with Crippen molar-refractivity contribution in [2.24, 2.45) is 41.4 Å². The van der Waals surface area contributed by atoms with Gasteiger partial charge in [0.1, 0.15) is 0 Å². The van der Waals surface area contributed by atoms with Crippen molar-refractivity contribution in [3.05, 3.63) is 0 Å². The summed E-state index contributed by atoms with van der Waals surface area (Å²) in [6, 6.07) is 0. The van der Waals surface area contributed by atoms with Gasteiger partial charge < -0.3 is 4.74 Å². The third kappa shape index (κ3) is 2.66. The van der Waals surface area contributed by atoms with Gasteiger partial charge in [-0.05, 0) is 73.5 Å². The number of hydrogen-bond donors (Lipinski definition) is 0. The predicted molar refractivity (Wildman–Crippen MR) is 91.7 cm³/mol. The summed E-state index contributed by atoms with van der Waals surface area (Å²) in [7, 11) is 1.81. The molecule has 7 atom stereocenters. The lowest BCUT2D eigenvalue weighted by Gasteiger charge is -2.74. The van der Waals surface area contributed by atoms with Crippen molar-refractivity contribution in [3.8, 4) is 0 Å². The van der Waals surface area contributed by atoms with E-state index >= 15 is 0 Å². The van der Waals surface area contributed by atoms with Gasteiger partial charge in [-0.25, -0.2) is 0 Å². The molecule has 0 amide bonds. The van der Waals surface area contributed by atoms with Crippen LogP contribution in [0.5, 0.6) is 0 Å². The molecular weight excluding hydrogens is 268 g/mol. The Morgan fingerprint density at radius 2 is 1.27 bits per heavy atom. The fourth-order valence-corrected chi connectivity index (χ4v) is 6.88. The quantitative estimate of drug-likeness (QED) is 0.498. The van der Waals surface area contributed by atoms with Crippen molar-refractivity contribution < 1.29 is 4.74 Å². The van der Waals surface area contributed by atoms with Gasteiger partial charge in [-0.15, -0.1) is 0 Å². The smallest absolute Gasteiger partial charge is 0.0462 e. The molecule has 1 nitrogen and oxygen atoms in total. The third-order valence-electron chi connectivity index (χ3n) is 8.08. The van der Waals surface area contributed by atoms with Gasteiger partial charge in [-0.3, -0.25) is 0 Å². The van der Waals surface area contributed by atoms with Crippen LogP contribution in [-0.4, -0.2) is 13.7 Å². The molecule has 0 spiro atoms. The maximum Gasteiger partial charge on any atom is 0.0462 e. The van der Waals surface area contributed by atoms with Crippen LogP contribution >= 0.6 is 0 Å². The van der Waals surface area contributed by atoms with E-state index in [-0.39, 0.29) is 0 Å². The molecular formula is C21H36O. The van der Waals surface area contributed by atoms with E-state index in [1.165, 1.54) is 74.0 Å². The summed E-state index contributed by atoms with van der Waals surface area (Å²) >= 11 is 0. The van der Waals surface area contributed by atoms with E-state index < -0.39 is 0 Å². The maximum atomic E-state index is 5.11. The molecule has 0 bridgehead atoms. The van der Waals surface area contributed by atoms with Gasteiger partial charge in [0, 0.05) is 13.7 Å². The molecule has 1 heteroatoms. The molecule has 4 saturated carbocycles. The number of methoxy groups -OCH3 is 1. The minimum Gasteiger partial charge on any atom is -0.385 e. The number of unbranched alkanes of at least 4 members (excludes halogenated alkanes) is 5. The van der Waals surface area contributed by atoms with Crippen molar-refractivity contribution in [3.63, 3.8) is 0 Å². The molecule has 0 saturated heterocycles. The topological polar surface area (TPSA) is 9.23 Å². The van der Waals surface area contributed by atoms with Gasteiger partial charge in [0.25, 0.3) is 0 Å². The molecule has 0 aromatic heterocycles. The summed E-state index contributed by atoms with van der Waals surface area (Å²) in [6.07, 6.45) is 18.1. The molecule has 7 unspecified atom stereocenters. The van der Waals surface area contributed by atoms with Crippen molar-refractivity contribution >= 4 is 0 Å². The SMILES string of the molecule is COCCCCCCCCC1CCC2C(C1)C1C3CCC3C21. The summed E-state index contributed by atoms with van der Waals surface area (Å²) in [6.45, 7) is 0.953. The highest BCUT2D eigenvalue weighted by Gasteiger charge is 2.68. The Balaban J connectivity index is 1.08. The highest BCUT2D eigenvalue weighted by Crippen LogP contribution is 2.74. The summed E-state index contributed by atoms with van der Waals surface area (Å²) in [5.74, 6) is 8.40. The maximum absolute atomic E-state index is 5.11. The molecule has 0 N–H and O–H groups in total. The number of fused-ring (bicyclic) bond motifs is 7. The van der Waals surface area contributed by atoms with Gasteiger partial charge in [-0.2, -0.15) is 0 Å². The summed E-state index contributed by atoms with van der Waals surface area (Å²) in [5.41, 5.74) is 0. The van der Waals surface area contributed by atoms with Crippen LogP contribution in [0.15, 0.2) is 0 Å². The van der Waals surface area contributed by atoms with E-state index in [0.29, 0.717) is 0 Å². The minimum atomic E-state index is 0.953. The predicted octanol–water partition coefficient (Wildman–Crippen LogP) is 5.68. The van der Waals surface area contributed by atoms with Crippen LogP contribution in [0, 0.1) is 41.4 Å². The van der Waals surface area contributed by atoms with Crippen LogP contribution in [-0.2, 0) is 4.74 Å². The Labute approximate surface area is 137 Å². The average molecular weight is 305 g/mol. The second kappa shape index (κ2) is 6.83. The molecule has 0 radical (unpaired) electrons. The Morgan fingerprint density at radius 3 is 2.00 bits per heavy atom. The first-order valence-electron chi connectivity index (χ1n) is 10.4. The van der Waals surface area contributed by atoms with Gasteiger partial charge >= 0.3 is 0 Å². The van der Waals surface area contributed by atoms with E-state index in [2.05, 4.69) is 0 Å². The second-order valence-electron chi connectivity index (χ2n) is 8.97. The molecule has 4 aliphatic carbocycles. The Kier molecular flexibility index (Phi) is 4.81. The lowest BCUT2D eigenvalue weighted by Crippen LogP contribution is -2.69. The van der Waals surface area contributed by atoms with E-state index in [0.717, 1.165) is 12.5 Å². The zero-order valence-corrected chi connectivity index (χ0v) is 14.6. The van der Waals surface area contributed by atoms with Crippen molar-refractivity contribution in [2.75, 3.05) is 13.7 Å². The number of ether oxygens (including phenoxy) is 1. The fraction of sp³-hybridized carbons (Fsp3) is 1.00. The molecule has 0 heterocycles. The normalized spacial score (nSPS) is 44.9. The van der Waals surface area contributed by atoms with Crippen molar-refractivity contribution in [2.45, 2.75) is 77.0 Å². The lowest BCUT2D eigenvalue weighted by atomic mass is 9.30. The molecule has 0 aromatic rings. The van der Waals surface area contributed by atoms with Gasteiger partial charge in [-0.1, -0.05) is 44.9 Å². The molecule has 4 rings (SSSR count). The molecule has 22 heavy (non-hydrogen) atoms. The Bertz CT molecular complexity index is 359. The third-order valence-corrected chi connectivity index (χ3v) is 8.08. The first-order valence-corrected chi connectivity index (χ1v) is 10.4. The van der Waals surface area contributed by atoms with Crippen LogP contribution < -0.4 is 0 Å². The highest BCUT2D eigenvalue weighted by molar-refractivity contribution is 5.16. The van der Waals surface area contributed by atoms with Crippen LogP contribution in [0.4, 0.5) is 0 Å². The number of hydrogen-bond acceptors (Lipinski definition) is 1. The van der Waals surface area contributed by atoms with Gasteiger partial charge in [0.15, 0.2) is 0 Å². The van der Waals surface area contributed by atoms with E-state index in [9.17, 15) is 0 Å². The Hall–Kier alpha value is -0.0400. The van der Waals surface area contributed by atoms with Crippen LogP contribution in [0.1, 0.15) is 77.0 Å². The fourth-order valence-electron chi connectivity index (χ4n) is 6.88. The standard InChI is InChI=1S/C21H36O/c1-22-13-7-5-3-2-4-6-8-15-9-10-18-19(14-15)21-17-12-11-16(17)20(18)21/h15-21H,2-14H2,1H3. The minimum absolute atomic E-state index is 0.953. The van der Waals surface area contributed by atoms with Crippen LogP contribution in [0.2, 0.25) is 0 Å². The van der Waals surface area contributed by atoms with E-state index in [4.69, 9.17) is 4.74 Å². The molecule has 4 fully saturated rings. The van der Waals surface area contributed by atoms with Gasteiger partial charge in [0.2, 0.25) is 0 Å². The molecule has 0 aliphatic heterocycles. The molecule has 0 aromatic carbocycles. The van der Waals surface area contributed by atoms with Crippen LogP contribution in [0.3, 0.4) is 0 Å². The molecule has 126 valence electrons. The summed E-state index contributed by atoms with van der Waals surface area (Å²) in [4.78, 5) is 0. The Morgan fingerprint density at radius 1 is 0.682 bits per heavy atom.